The van der Waals surface area contributed by atoms with E-state index in [0.717, 1.165) is 12.1 Å². The smallest absolute Gasteiger partial charge is 0.416 e. The average Bonchev–Trinajstić information content (AvgIpc) is 3.10. The second-order valence-corrected chi connectivity index (χ2v) is 6.20. The SMILES string of the molecule is COc1ccccc1[C@@H](Nc1ccc(C(F)(F)F)cc1[N+](=O)[O-])c1nccn1C. The maximum absolute atomic E-state index is 13.0. The minimum atomic E-state index is -4.69. The first-order valence-corrected chi connectivity index (χ1v) is 8.44. The molecule has 0 saturated heterocycles. The van der Waals surface area contributed by atoms with Crippen molar-refractivity contribution >= 4 is 11.4 Å². The predicted molar refractivity (Wildman–Crippen MR) is 99.8 cm³/mol. The summed E-state index contributed by atoms with van der Waals surface area (Å²) in [5, 5.41) is 14.4. The molecule has 1 heterocycles. The molecule has 3 rings (SSSR count). The van der Waals surface area contributed by atoms with Gasteiger partial charge in [-0.05, 0) is 18.2 Å². The zero-order valence-electron chi connectivity index (χ0n) is 15.5. The Balaban J connectivity index is 2.12. The highest BCUT2D eigenvalue weighted by molar-refractivity contribution is 5.65. The van der Waals surface area contributed by atoms with Crippen LogP contribution in [0.15, 0.2) is 54.9 Å². The molecule has 0 fully saturated rings. The number of aromatic nitrogens is 2. The summed E-state index contributed by atoms with van der Waals surface area (Å²) in [6.45, 7) is 0. The monoisotopic (exact) mass is 406 g/mol. The van der Waals surface area contributed by atoms with E-state index < -0.39 is 28.4 Å². The third-order valence-electron chi connectivity index (χ3n) is 4.39. The number of nitro groups is 1. The largest absolute Gasteiger partial charge is 0.496 e. The van der Waals surface area contributed by atoms with Crippen molar-refractivity contribution in [2.45, 2.75) is 12.2 Å². The van der Waals surface area contributed by atoms with Crippen molar-refractivity contribution in [1.82, 2.24) is 9.55 Å². The molecule has 7 nitrogen and oxygen atoms in total. The lowest BCUT2D eigenvalue weighted by atomic mass is 10.0. The standard InChI is InChI=1S/C19H17F3N4O3/c1-25-10-9-23-18(25)17(13-5-3-4-6-16(13)29-2)24-14-8-7-12(19(20,21)22)11-15(14)26(27)28/h3-11,17,24H,1-2H3/t17-/m1/s1. The van der Waals surface area contributed by atoms with E-state index in [-0.39, 0.29) is 5.69 Å². The summed E-state index contributed by atoms with van der Waals surface area (Å²) in [5.41, 5.74) is -1.23. The van der Waals surface area contributed by atoms with E-state index >= 15 is 0 Å². The number of para-hydroxylation sites is 1. The molecule has 0 aliphatic carbocycles. The summed E-state index contributed by atoms with van der Waals surface area (Å²) < 4.78 is 46.1. The van der Waals surface area contributed by atoms with Crippen molar-refractivity contribution < 1.29 is 22.8 Å². The molecule has 10 heteroatoms. The van der Waals surface area contributed by atoms with Gasteiger partial charge in [0.1, 0.15) is 23.3 Å². The van der Waals surface area contributed by atoms with E-state index in [4.69, 9.17) is 4.74 Å². The average molecular weight is 406 g/mol. The van der Waals surface area contributed by atoms with Gasteiger partial charge in [-0.25, -0.2) is 4.98 Å². The van der Waals surface area contributed by atoms with Gasteiger partial charge in [-0.3, -0.25) is 10.1 Å². The Hall–Kier alpha value is -3.56. The van der Waals surface area contributed by atoms with Crippen LogP contribution in [0.3, 0.4) is 0 Å². The van der Waals surface area contributed by atoms with Crippen LogP contribution in [-0.2, 0) is 13.2 Å². The lowest BCUT2D eigenvalue weighted by Gasteiger charge is -2.22. The number of imidazole rings is 1. The molecular formula is C19H17F3N4O3. The number of nitrogens with zero attached hydrogens (tertiary/aromatic N) is 3. The van der Waals surface area contributed by atoms with Crippen molar-refractivity contribution in [2.75, 3.05) is 12.4 Å². The molecule has 152 valence electrons. The molecule has 0 unspecified atom stereocenters. The molecular weight excluding hydrogens is 389 g/mol. The first kappa shape index (κ1) is 20.2. The van der Waals surface area contributed by atoms with E-state index in [9.17, 15) is 23.3 Å². The number of alkyl halides is 3. The first-order chi connectivity index (χ1) is 13.7. The number of benzene rings is 2. The zero-order valence-corrected chi connectivity index (χ0v) is 15.5. The number of halogens is 3. The summed E-state index contributed by atoms with van der Waals surface area (Å²) in [6, 6.07) is 8.64. The van der Waals surface area contributed by atoms with Crippen molar-refractivity contribution in [1.29, 1.82) is 0 Å². The minimum Gasteiger partial charge on any atom is -0.496 e. The molecule has 1 atom stereocenters. The fraction of sp³-hybridized carbons (Fsp3) is 0.211. The second-order valence-electron chi connectivity index (χ2n) is 6.20. The summed E-state index contributed by atoms with van der Waals surface area (Å²) in [7, 11) is 3.22. The third-order valence-corrected chi connectivity index (χ3v) is 4.39. The number of ether oxygens (including phenoxy) is 1. The van der Waals surface area contributed by atoms with Crippen LogP contribution in [0.5, 0.6) is 5.75 Å². The van der Waals surface area contributed by atoms with Crippen LogP contribution in [0, 0.1) is 10.1 Å². The highest BCUT2D eigenvalue weighted by Gasteiger charge is 2.34. The van der Waals surface area contributed by atoms with Gasteiger partial charge in [0.25, 0.3) is 5.69 Å². The van der Waals surface area contributed by atoms with Crippen molar-refractivity contribution in [3.8, 4) is 5.75 Å². The number of methoxy groups -OCH3 is 1. The molecule has 0 radical (unpaired) electrons. The number of nitrogens with one attached hydrogen (secondary N) is 1. The number of nitro benzene ring substituents is 1. The molecule has 0 bridgehead atoms. The summed E-state index contributed by atoms with van der Waals surface area (Å²) in [6.07, 6.45) is -1.44. The van der Waals surface area contributed by atoms with Gasteiger partial charge >= 0.3 is 6.18 Å². The fourth-order valence-electron chi connectivity index (χ4n) is 2.98. The molecule has 3 aromatic rings. The zero-order chi connectivity index (χ0) is 21.2. The Kier molecular flexibility index (Phi) is 5.44. The van der Waals surface area contributed by atoms with Gasteiger partial charge in [0.2, 0.25) is 0 Å². The summed E-state index contributed by atoms with van der Waals surface area (Å²) in [4.78, 5) is 14.9. The Labute approximate surface area is 163 Å². The lowest BCUT2D eigenvalue weighted by Crippen LogP contribution is -2.18. The maximum Gasteiger partial charge on any atom is 0.416 e. The quantitative estimate of drug-likeness (QED) is 0.479. The lowest BCUT2D eigenvalue weighted by molar-refractivity contribution is -0.384. The number of aryl methyl sites for hydroxylation is 1. The Morgan fingerprint density at radius 2 is 1.97 bits per heavy atom. The number of anilines is 1. The summed E-state index contributed by atoms with van der Waals surface area (Å²) >= 11 is 0. The minimum absolute atomic E-state index is 0.0677. The van der Waals surface area contributed by atoms with Crippen molar-refractivity contribution in [3.63, 3.8) is 0 Å². The molecule has 1 N–H and O–H groups in total. The van der Waals surface area contributed by atoms with Crippen LogP contribution in [0.4, 0.5) is 24.5 Å². The Morgan fingerprint density at radius 3 is 2.55 bits per heavy atom. The van der Waals surface area contributed by atoms with E-state index in [0.29, 0.717) is 23.2 Å². The summed E-state index contributed by atoms with van der Waals surface area (Å²) in [5.74, 6) is 1.01. The van der Waals surface area contributed by atoms with Crippen LogP contribution < -0.4 is 10.1 Å². The predicted octanol–water partition coefficient (Wildman–Crippen LogP) is 4.56. The van der Waals surface area contributed by atoms with Gasteiger partial charge in [0.15, 0.2) is 0 Å². The molecule has 2 aromatic carbocycles. The first-order valence-electron chi connectivity index (χ1n) is 8.44. The van der Waals surface area contributed by atoms with E-state index in [2.05, 4.69) is 10.3 Å². The number of rotatable bonds is 6. The second kappa shape index (κ2) is 7.82. The third kappa shape index (κ3) is 4.15. The fourth-order valence-corrected chi connectivity index (χ4v) is 2.98. The number of hydrogen-bond acceptors (Lipinski definition) is 5. The normalized spacial score (nSPS) is 12.4. The van der Waals surface area contributed by atoms with E-state index in [1.54, 1.807) is 48.3 Å². The molecule has 1 aromatic heterocycles. The van der Waals surface area contributed by atoms with Gasteiger partial charge in [-0.1, -0.05) is 18.2 Å². The number of hydrogen-bond donors (Lipinski definition) is 1. The Bertz CT molecular complexity index is 1030. The van der Waals surface area contributed by atoms with Crippen LogP contribution in [0.25, 0.3) is 0 Å². The van der Waals surface area contributed by atoms with Crippen LogP contribution in [0.2, 0.25) is 0 Å². The van der Waals surface area contributed by atoms with E-state index in [1.807, 2.05) is 0 Å². The van der Waals surface area contributed by atoms with Crippen molar-refractivity contribution in [2.24, 2.45) is 7.05 Å². The molecule has 0 spiro atoms. The van der Waals surface area contributed by atoms with Gasteiger partial charge in [0.05, 0.1) is 17.6 Å². The van der Waals surface area contributed by atoms with Crippen LogP contribution >= 0.6 is 0 Å². The maximum atomic E-state index is 13.0. The molecule has 0 saturated carbocycles. The Morgan fingerprint density at radius 1 is 1.24 bits per heavy atom. The van der Waals surface area contributed by atoms with Gasteiger partial charge in [-0.2, -0.15) is 13.2 Å². The molecule has 0 aliphatic rings. The van der Waals surface area contributed by atoms with E-state index in [1.165, 1.54) is 7.11 Å². The highest BCUT2D eigenvalue weighted by Crippen LogP contribution is 2.38. The van der Waals surface area contributed by atoms with Gasteiger partial charge < -0.3 is 14.6 Å². The van der Waals surface area contributed by atoms with Crippen LogP contribution in [0.1, 0.15) is 23.0 Å². The van der Waals surface area contributed by atoms with Gasteiger partial charge in [-0.15, -0.1) is 0 Å². The topological polar surface area (TPSA) is 82.2 Å². The molecule has 0 amide bonds. The molecule has 0 aliphatic heterocycles. The van der Waals surface area contributed by atoms with Crippen LogP contribution in [-0.4, -0.2) is 21.6 Å². The highest BCUT2D eigenvalue weighted by atomic mass is 19.4. The van der Waals surface area contributed by atoms with Gasteiger partial charge in [0, 0.05) is 31.1 Å². The van der Waals surface area contributed by atoms with Crippen molar-refractivity contribution in [3.05, 3.63) is 81.9 Å². The molecule has 29 heavy (non-hydrogen) atoms.